The third-order valence-corrected chi connectivity index (χ3v) is 5.47. The van der Waals surface area contributed by atoms with Gasteiger partial charge in [-0.3, -0.25) is 26.4 Å². The van der Waals surface area contributed by atoms with Gasteiger partial charge in [0.15, 0.2) is 11.6 Å². The average molecular weight is 499 g/mol. The van der Waals surface area contributed by atoms with Crippen LogP contribution in [0.5, 0.6) is 0 Å². The summed E-state index contributed by atoms with van der Waals surface area (Å²) in [4.78, 5) is 19.7. The van der Waals surface area contributed by atoms with Gasteiger partial charge >= 0.3 is 0 Å². The van der Waals surface area contributed by atoms with Gasteiger partial charge in [0.25, 0.3) is 5.69 Å². The topological polar surface area (TPSA) is 169 Å². The number of hydrazone groups is 1. The van der Waals surface area contributed by atoms with Crippen LogP contribution >= 0.6 is 0 Å². The van der Waals surface area contributed by atoms with Gasteiger partial charge in [-0.05, 0) is 67.0 Å². The summed E-state index contributed by atoms with van der Waals surface area (Å²) in [5, 5.41) is 23.0. The van der Waals surface area contributed by atoms with Gasteiger partial charge in [-0.1, -0.05) is 17.7 Å². The maximum absolute atomic E-state index is 11.4. The van der Waals surface area contributed by atoms with E-state index >= 15 is 0 Å². The van der Waals surface area contributed by atoms with Crippen molar-refractivity contribution in [1.29, 1.82) is 0 Å². The molecule has 0 saturated carbocycles. The van der Waals surface area contributed by atoms with E-state index in [-0.39, 0.29) is 22.8 Å². The Morgan fingerprint density at radius 3 is 2.38 bits per heavy atom. The number of nitro groups is 1. The van der Waals surface area contributed by atoms with Crippen LogP contribution < -0.4 is 16.3 Å². The Balaban J connectivity index is 1.35. The summed E-state index contributed by atoms with van der Waals surface area (Å²) in [7, 11) is 0. The SMILES string of the molecule is Cc1ccc(NNc2nc3nonc3nc2N/N=C/c2ccc(-c3cc(C)cc([N+](=O)[O-])c3C)o2)cc1. The van der Waals surface area contributed by atoms with Crippen LogP contribution in [0.1, 0.15) is 22.5 Å². The number of benzene rings is 2. The van der Waals surface area contributed by atoms with Crippen molar-refractivity contribution in [3.8, 4) is 11.3 Å². The summed E-state index contributed by atoms with van der Waals surface area (Å²) in [6.07, 6.45) is 1.45. The van der Waals surface area contributed by atoms with Crippen molar-refractivity contribution in [1.82, 2.24) is 20.3 Å². The minimum Gasteiger partial charge on any atom is -0.455 e. The van der Waals surface area contributed by atoms with Gasteiger partial charge in [0.1, 0.15) is 11.5 Å². The lowest BCUT2D eigenvalue weighted by Gasteiger charge is -2.11. The lowest BCUT2D eigenvalue weighted by Crippen LogP contribution is -2.13. The molecule has 2 aromatic carbocycles. The highest BCUT2D eigenvalue weighted by Crippen LogP contribution is 2.32. The largest absolute Gasteiger partial charge is 0.455 e. The molecule has 13 heteroatoms. The maximum Gasteiger partial charge on any atom is 0.273 e. The number of hydrazine groups is 1. The summed E-state index contributed by atoms with van der Waals surface area (Å²) in [5.41, 5.74) is 13.2. The molecule has 0 bridgehead atoms. The Bertz CT molecular complexity index is 1620. The van der Waals surface area contributed by atoms with E-state index in [1.54, 1.807) is 26.0 Å². The predicted octanol–water partition coefficient (Wildman–Crippen LogP) is 4.99. The smallest absolute Gasteiger partial charge is 0.273 e. The maximum atomic E-state index is 11.4. The number of hydrogen-bond donors (Lipinski definition) is 3. The van der Waals surface area contributed by atoms with E-state index in [1.165, 1.54) is 12.3 Å². The summed E-state index contributed by atoms with van der Waals surface area (Å²) >= 11 is 0. The van der Waals surface area contributed by atoms with Crippen molar-refractivity contribution in [2.75, 3.05) is 16.3 Å². The first kappa shape index (κ1) is 23.4. The molecule has 37 heavy (non-hydrogen) atoms. The van der Waals surface area contributed by atoms with E-state index < -0.39 is 4.92 Å². The zero-order chi connectivity index (χ0) is 25.9. The lowest BCUT2D eigenvalue weighted by atomic mass is 10.0. The Kier molecular flexibility index (Phi) is 6.16. The Morgan fingerprint density at radius 1 is 0.919 bits per heavy atom. The van der Waals surface area contributed by atoms with E-state index in [9.17, 15) is 10.1 Å². The van der Waals surface area contributed by atoms with Crippen LogP contribution in [0, 0.1) is 30.9 Å². The van der Waals surface area contributed by atoms with Gasteiger partial charge in [0.05, 0.1) is 16.8 Å². The Labute approximate surface area is 209 Å². The molecule has 0 amide bonds. The van der Waals surface area contributed by atoms with E-state index in [0.29, 0.717) is 28.5 Å². The lowest BCUT2D eigenvalue weighted by molar-refractivity contribution is -0.385. The number of fused-ring (bicyclic) bond motifs is 1. The highest BCUT2D eigenvalue weighted by molar-refractivity contribution is 5.80. The molecule has 0 spiro atoms. The number of aromatic nitrogens is 4. The number of rotatable bonds is 8. The Hall–Kier alpha value is -5.33. The normalized spacial score (nSPS) is 11.2. The number of nitro benzene ring substituents is 1. The van der Waals surface area contributed by atoms with Crippen LogP contribution in [-0.4, -0.2) is 31.4 Å². The first-order chi connectivity index (χ1) is 17.9. The van der Waals surface area contributed by atoms with Crippen molar-refractivity contribution in [3.63, 3.8) is 0 Å². The zero-order valence-electron chi connectivity index (χ0n) is 20.0. The van der Waals surface area contributed by atoms with Crippen LogP contribution in [0.4, 0.5) is 23.0 Å². The second-order valence-corrected chi connectivity index (χ2v) is 8.23. The fraction of sp³-hybridized carbons (Fsp3) is 0.125. The van der Waals surface area contributed by atoms with Crippen molar-refractivity contribution in [2.24, 2.45) is 5.10 Å². The van der Waals surface area contributed by atoms with E-state index in [1.807, 2.05) is 37.3 Å². The van der Waals surface area contributed by atoms with Gasteiger partial charge in [-0.15, -0.1) is 0 Å². The summed E-state index contributed by atoms with van der Waals surface area (Å²) in [6.45, 7) is 5.49. The monoisotopic (exact) mass is 499 g/mol. The number of nitrogens with zero attached hydrogens (tertiary/aromatic N) is 6. The molecule has 3 heterocycles. The van der Waals surface area contributed by atoms with Crippen molar-refractivity contribution >= 4 is 40.5 Å². The van der Waals surface area contributed by atoms with Crippen molar-refractivity contribution in [3.05, 3.63) is 81.1 Å². The molecule has 0 fully saturated rings. The molecule has 5 rings (SSSR count). The third kappa shape index (κ3) is 5.05. The predicted molar refractivity (Wildman–Crippen MR) is 137 cm³/mol. The third-order valence-electron chi connectivity index (χ3n) is 5.47. The minimum absolute atomic E-state index is 0.0406. The molecule has 0 aliphatic rings. The van der Waals surface area contributed by atoms with Crippen LogP contribution in [0.2, 0.25) is 0 Å². The molecule has 0 unspecified atom stereocenters. The zero-order valence-corrected chi connectivity index (χ0v) is 20.0. The number of hydrogen-bond acceptors (Lipinski definition) is 12. The molecule has 0 radical (unpaired) electrons. The van der Waals surface area contributed by atoms with Crippen LogP contribution in [0.3, 0.4) is 0 Å². The first-order valence-electron chi connectivity index (χ1n) is 11.1. The van der Waals surface area contributed by atoms with Gasteiger partial charge < -0.3 is 4.42 Å². The summed E-state index contributed by atoms with van der Waals surface area (Å²) < 4.78 is 10.6. The van der Waals surface area contributed by atoms with Gasteiger partial charge in [0, 0.05) is 17.2 Å². The molecule has 0 aliphatic heterocycles. The summed E-state index contributed by atoms with van der Waals surface area (Å²) in [5.74, 6) is 1.49. The average Bonchev–Trinajstić information content (AvgIpc) is 3.54. The molecular weight excluding hydrogens is 478 g/mol. The second kappa shape index (κ2) is 9.73. The number of anilines is 3. The van der Waals surface area contributed by atoms with E-state index in [2.05, 4.69) is 41.7 Å². The number of nitrogens with one attached hydrogen (secondary N) is 3. The fourth-order valence-corrected chi connectivity index (χ4v) is 3.58. The van der Waals surface area contributed by atoms with Crippen LogP contribution in [-0.2, 0) is 0 Å². The van der Waals surface area contributed by atoms with Gasteiger partial charge in [0.2, 0.25) is 11.3 Å². The minimum atomic E-state index is -0.400. The van der Waals surface area contributed by atoms with Crippen LogP contribution in [0.15, 0.2) is 62.7 Å². The standard InChI is InChI=1S/C24H21N9O4/c1-13-4-6-16(7-5-13)28-30-22-21(26-23-24(27-22)32-37-31-23)29-25-12-17-8-9-20(36-17)18-10-14(2)11-19(15(18)3)33(34)35/h4-12,28H,1-3H3,(H,26,29,31)(H,27,30,32)/b25-12+. The van der Waals surface area contributed by atoms with E-state index in [4.69, 9.17) is 9.05 Å². The van der Waals surface area contributed by atoms with E-state index in [0.717, 1.165) is 16.8 Å². The molecule has 13 nitrogen and oxygen atoms in total. The molecule has 3 aromatic heterocycles. The summed E-state index contributed by atoms with van der Waals surface area (Å²) in [6, 6.07) is 14.6. The van der Waals surface area contributed by atoms with Gasteiger partial charge in [-0.2, -0.15) is 15.1 Å². The number of aryl methyl sites for hydroxylation is 2. The molecular formula is C24H21N9O4. The fourth-order valence-electron chi connectivity index (χ4n) is 3.58. The molecule has 0 aliphatic carbocycles. The van der Waals surface area contributed by atoms with Gasteiger partial charge in [-0.25, -0.2) is 4.63 Å². The molecule has 0 atom stereocenters. The molecule has 3 N–H and O–H groups in total. The first-order valence-corrected chi connectivity index (χ1v) is 11.1. The molecule has 0 saturated heterocycles. The van der Waals surface area contributed by atoms with Crippen molar-refractivity contribution < 1.29 is 14.0 Å². The Morgan fingerprint density at radius 2 is 1.65 bits per heavy atom. The quantitative estimate of drug-likeness (QED) is 0.149. The van der Waals surface area contributed by atoms with Crippen molar-refractivity contribution in [2.45, 2.75) is 20.8 Å². The van der Waals surface area contributed by atoms with Crippen LogP contribution in [0.25, 0.3) is 22.6 Å². The number of furan rings is 1. The molecule has 186 valence electrons. The highest BCUT2D eigenvalue weighted by Gasteiger charge is 2.18. The molecule has 5 aromatic rings. The second-order valence-electron chi connectivity index (χ2n) is 8.23. The highest BCUT2D eigenvalue weighted by atomic mass is 16.6.